The lowest BCUT2D eigenvalue weighted by Gasteiger charge is -2.06. The van der Waals surface area contributed by atoms with Crippen LogP contribution in [0.5, 0.6) is 0 Å². The molecule has 0 spiro atoms. The highest BCUT2D eigenvalue weighted by Gasteiger charge is 2.15. The van der Waals surface area contributed by atoms with Crippen molar-refractivity contribution >= 4 is 15.7 Å². The molecule has 0 aliphatic heterocycles. The number of aryl methyl sites for hydroxylation is 1. The summed E-state index contributed by atoms with van der Waals surface area (Å²) in [5.74, 6) is -0.170. The Balaban J connectivity index is 2.19. The van der Waals surface area contributed by atoms with Gasteiger partial charge in [-0.3, -0.25) is 5.41 Å². The van der Waals surface area contributed by atoms with Crippen LogP contribution in [0.15, 0.2) is 47.9 Å². The van der Waals surface area contributed by atoms with E-state index < -0.39 is 9.84 Å². The molecule has 0 unspecified atom stereocenters. The number of nitrogen functional groups attached to an aromatic ring is 1. The highest BCUT2D eigenvalue weighted by molar-refractivity contribution is 7.91. The van der Waals surface area contributed by atoms with E-state index in [1.807, 2.05) is 0 Å². The molecule has 19 heavy (non-hydrogen) atoms. The van der Waals surface area contributed by atoms with Crippen molar-refractivity contribution in [1.82, 2.24) is 9.55 Å². The predicted molar refractivity (Wildman–Crippen MR) is 71.7 cm³/mol. The van der Waals surface area contributed by atoms with Gasteiger partial charge in [-0.1, -0.05) is 12.1 Å². The molecule has 0 radical (unpaired) electrons. The average molecular weight is 278 g/mol. The number of imidazole rings is 1. The van der Waals surface area contributed by atoms with Gasteiger partial charge < -0.3 is 10.3 Å². The predicted octanol–water partition coefficient (Wildman–Crippen LogP) is 0.641. The normalized spacial score (nSPS) is 11.4. The molecule has 0 fully saturated rings. The van der Waals surface area contributed by atoms with Crippen LogP contribution in [-0.2, 0) is 16.4 Å². The molecule has 2 aromatic rings. The molecule has 1 aromatic heterocycles. The minimum Gasteiger partial charge on any atom is -0.384 e. The van der Waals surface area contributed by atoms with E-state index in [2.05, 4.69) is 4.98 Å². The zero-order valence-corrected chi connectivity index (χ0v) is 11.0. The Morgan fingerprint density at radius 2 is 2.21 bits per heavy atom. The van der Waals surface area contributed by atoms with Crippen LogP contribution in [-0.4, -0.2) is 29.6 Å². The number of nitrogens with two attached hydrogens (primary N) is 1. The molecule has 0 bridgehead atoms. The van der Waals surface area contributed by atoms with Crippen molar-refractivity contribution in [1.29, 1.82) is 5.41 Å². The molecule has 6 nitrogen and oxygen atoms in total. The minimum absolute atomic E-state index is 0.0231. The summed E-state index contributed by atoms with van der Waals surface area (Å²) in [7, 11) is -3.39. The first-order chi connectivity index (χ1) is 8.99. The first-order valence-corrected chi connectivity index (χ1v) is 7.27. The van der Waals surface area contributed by atoms with E-state index in [1.165, 1.54) is 12.1 Å². The van der Waals surface area contributed by atoms with Gasteiger partial charge in [-0.2, -0.15) is 0 Å². The van der Waals surface area contributed by atoms with Crippen LogP contribution >= 0.6 is 0 Å². The van der Waals surface area contributed by atoms with E-state index in [1.54, 1.807) is 35.4 Å². The third kappa shape index (κ3) is 3.19. The zero-order valence-electron chi connectivity index (χ0n) is 10.2. The van der Waals surface area contributed by atoms with Crippen molar-refractivity contribution < 1.29 is 8.42 Å². The number of hydrogen-bond donors (Lipinski definition) is 2. The second kappa shape index (κ2) is 5.23. The average Bonchev–Trinajstić information content (AvgIpc) is 2.90. The molecule has 100 valence electrons. The van der Waals surface area contributed by atoms with Crippen LogP contribution in [0.2, 0.25) is 0 Å². The maximum Gasteiger partial charge on any atom is 0.180 e. The Labute approximate surface area is 111 Å². The molecule has 2 rings (SSSR count). The van der Waals surface area contributed by atoms with E-state index in [9.17, 15) is 8.42 Å². The fourth-order valence-electron chi connectivity index (χ4n) is 1.62. The molecule has 7 heteroatoms. The number of amidine groups is 1. The molecule has 0 saturated heterocycles. The Kier molecular flexibility index (Phi) is 3.66. The monoisotopic (exact) mass is 278 g/mol. The van der Waals surface area contributed by atoms with Gasteiger partial charge in [-0.25, -0.2) is 13.4 Å². The highest BCUT2D eigenvalue weighted by atomic mass is 32.2. The van der Waals surface area contributed by atoms with Gasteiger partial charge in [0.05, 0.1) is 17.0 Å². The van der Waals surface area contributed by atoms with Gasteiger partial charge in [-0.15, -0.1) is 0 Å². The molecule has 0 aliphatic rings. The maximum absolute atomic E-state index is 12.2. The fourth-order valence-corrected chi connectivity index (χ4v) is 2.90. The molecular formula is C12H14N4O2S. The van der Waals surface area contributed by atoms with Crippen LogP contribution in [0, 0.1) is 5.41 Å². The summed E-state index contributed by atoms with van der Waals surface area (Å²) in [5.41, 5.74) is 5.76. The van der Waals surface area contributed by atoms with Crippen LogP contribution in [0.3, 0.4) is 0 Å². The van der Waals surface area contributed by atoms with Gasteiger partial charge in [0, 0.05) is 24.5 Å². The van der Waals surface area contributed by atoms with E-state index in [-0.39, 0.29) is 16.5 Å². The number of nitrogens with one attached hydrogen (secondary N) is 1. The second-order valence-electron chi connectivity index (χ2n) is 4.06. The summed E-state index contributed by atoms with van der Waals surface area (Å²) in [5, 5.41) is 7.32. The molecule has 0 aliphatic carbocycles. The van der Waals surface area contributed by atoms with E-state index in [0.717, 1.165) is 0 Å². The SMILES string of the molecule is N=C(N)c1cccc(S(=O)(=O)CCn2ccnc2)c1. The summed E-state index contributed by atoms with van der Waals surface area (Å²) < 4.78 is 26.0. The van der Waals surface area contributed by atoms with Crippen molar-refractivity contribution in [3.8, 4) is 0 Å². The molecule has 0 saturated carbocycles. The quantitative estimate of drug-likeness (QED) is 0.619. The molecule has 1 aromatic carbocycles. The van der Waals surface area contributed by atoms with E-state index in [4.69, 9.17) is 11.1 Å². The minimum atomic E-state index is -3.39. The molecule has 3 N–H and O–H groups in total. The lowest BCUT2D eigenvalue weighted by atomic mass is 10.2. The molecular weight excluding hydrogens is 264 g/mol. The van der Waals surface area contributed by atoms with E-state index >= 15 is 0 Å². The lowest BCUT2D eigenvalue weighted by molar-refractivity contribution is 0.589. The highest BCUT2D eigenvalue weighted by Crippen LogP contribution is 2.13. The van der Waals surface area contributed by atoms with Gasteiger partial charge in [0.2, 0.25) is 0 Å². The summed E-state index contributed by atoms with van der Waals surface area (Å²) in [6, 6.07) is 6.12. The summed E-state index contributed by atoms with van der Waals surface area (Å²) in [4.78, 5) is 4.04. The zero-order chi connectivity index (χ0) is 13.9. The lowest BCUT2D eigenvalue weighted by Crippen LogP contribution is -2.15. The van der Waals surface area contributed by atoms with Crippen LogP contribution in [0.25, 0.3) is 0 Å². The number of sulfone groups is 1. The fraction of sp³-hybridized carbons (Fsp3) is 0.167. The number of rotatable bonds is 5. The molecule has 1 heterocycles. The standard InChI is InChI=1S/C12H14N4O2S/c13-12(14)10-2-1-3-11(8-10)19(17,18)7-6-16-5-4-15-9-16/h1-5,8-9H,6-7H2,(H3,13,14). The molecule has 0 atom stereocenters. The first kappa shape index (κ1) is 13.3. The number of hydrogen-bond acceptors (Lipinski definition) is 4. The van der Waals surface area contributed by atoms with Crippen molar-refractivity contribution in [2.75, 3.05) is 5.75 Å². The van der Waals surface area contributed by atoms with Gasteiger partial charge >= 0.3 is 0 Å². The second-order valence-corrected chi connectivity index (χ2v) is 6.17. The van der Waals surface area contributed by atoms with Crippen molar-refractivity contribution in [3.63, 3.8) is 0 Å². The van der Waals surface area contributed by atoms with Crippen LogP contribution < -0.4 is 5.73 Å². The smallest absolute Gasteiger partial charge is 0.180 e. The Hall–Kier alpha value is -2.15. The van der Waals surface area contributed by atoms with Gasteiger partial charge in [0.25, 0.3) is 0 Å². The van der Waals surface area contributed by atoms with Gasteiger partial charge in [-0.05, 0) is 12.1 Å². The van der Waals surface area contributed by atoms with Gasteiger partial charge in [0.1, 0.15) is 5.84 Å². The van der Waals surface area contributed by atoms with E-state index in [0.29, 0.717) is 12.1 Å². The maximum atomic E-state index is 12.2. The summed E-state index contributed by atoms with van der Waals surface area (Å²) in [6.07, 6.45) is 4.88. The number of aromatic nitrogens is 2. The Morgan fingerprint density at radius 3 is 2.84 bits per heavy atom. The summed E-state index contributed by atoms with van der Waals surface area (Å²) >= 11 is 0. The van der Waals surface area contributed by atoms with Crippen molar-refractivity contribution in [2.24, 2.45) is 5.73 Å². The Bertz CT molecular complexity index is 678. The largest absolute Gasteiger partial charge is 0.384 e. The van der Waals surface area contributed by atoms with Crippen molar-refractivity contribution in [3.05, 3.63) is 48.5 Å². The third-order valence-electron chi connectivity index (χ3n) is 2.68. The summed E-state index contributed by atoms with van der Waals surface area (Å²) in [6.45, 7) is 0.340. The Morgan fingerprint density at radius 1 is 1.42 bits per heavy atom. The third-order valence-corrected chi connectivity index (χ3v) is 4.37. The van der Waals surface area contributed by atoms with Crippen LogP contribution in [0.4, 0.5) is 0 Å². The number of benzene rings is 1. The van der Waals surface area contributed by atoms with Crippen molar-refractivity contribution in [2.45, 2.75) is 11.4 Å². The van der Waals surface area contributed by atoms with Crippen LogP contribution in [0.1, 0.15) is 5.56 Å². The topological polar surface area (TPSA) is 102 Å². The first-order valence-electron chi connectivity index (χ1n) is 5.62. The van der Waals surface area contributed by atoms with Gasteiger partial charge in [0.15, 0.2) is 9.84 Å². The number of nitrogens with zero attached hydrogens (tertiary/aromatic N) is 2. The molecule has 0 amide bonds.